The van der Waals surface area contributed by atoms with Crippen LogP contribution in [0.25, 0.3) is 0 Å². The molecule has 0 aliphatic heterocycles. The van der Waals surface area contributed by atoms with Gasteiger partial charge in [0.2, 0.25) is 5.91 Å². The molecular formula is C21H25N3O5. The second-order valence-corrected chi connectivity index (χ2v) is 6.06. The Kier molecular flexibility index (Phi) is 8.50. The second-order valence-electron chi connectivity index (χ2n) is 6.06. The molecular weight excluding hydrogens is 374 g/mol. The van der Waals surface area contributed by atoms with E-state index in [0.717, 1.165) is 5.75 Å². The van der Waals surface area contributed by atoms with Gasteiger partial charge in [-0.1, -0.05) is 0 Å². The minimum atomic E-state index is -0.314. The molecule has 3 amide bonds. The monoisotopic (exact) mass is 399 g/mol. The van der Waals surface area contributed by atoms with Crippen molar-refractivity contribution in [3.8, 4) is 11.5 Å². The molecule has 0 aromatic heterocycles. The molecule has 8 heteroatoms. The fraction of sp³-hybridized carbons (Fsp3) is 0.286. The van der Waals surface area contributed by atoms with Crippen molar-refractivity contribution in [2.24, 2.45) is 0 Å². The van der Waals surface area contributed by atoms with Crippen molar-refractivity contribution in [2.45, 2.75) is 13.8 Å². The molecule has 0 saturated carbocycles. The van der Waals surface area contributed by atoms with E-state index in [1.165, 1.54) is 6.92 Å². The first kappa shape index (κ1) is 21.7. The van der Waals surface area contributed by atoms with Crippen LogP contribution in [0.3, 0.4) is 0 Å². The van der Waals surface area contributed by atoms with Gasteiger partial charge in [-0.2, -0.15) is 0 Å². The summed E-state index contributed by atoms with van der Waals surface area (Å²) in [7, 11) is 0. The maximum Gasteiger partial charge on any atom is 0.262 e. The smallest absolute Gasteiger partial charge is 0.262 e. The Morgan fingerprint density at radius 1 is 0.828 bits per heavy atom. The Labute approximate surface area is 169 Å². The summed E-state index contributed by atoms with van der Waals surface area (Å²) in [5, 5.41) is 8.00. The van der Waals surface area contributed by atoms with Gasteiger partial charge in [0.15, 0.2) is 6.61 Å². The maximum atomic E-state index is 12.0. The molecule has 154 valence electrons. The minimum Gasteiger partial charge on any atom is -0.494 e. The molecule has 2 aromatic carbocycles. The predicted molar refractivity (Wildman–Crippen MR) is 109 cm³/mol. The molecule has 0 fully saturated rings. The summed E-state index contributed by atoms with van der Waals surface area (Å²) in [6.45, 7) is 4.46. The molecule has 0 heterocycles. The summed E-state index contributed by atoms with van der Waals surface area (Å²) in [5.74, 6) is 0.586. The van der Waals surface area contributed by atoms with E-state index in [1.54, 1.807) is 48.5 Å². The van der Waals surface area contributed by atoms with E-state index < -0.39 is 0 Å². The van der Waals surface area contributed by atoms with Crippen molar-refractivity contribution in [3.63, 3.8) is 0 Å². The van der Waals surface area contributed by atoms with Gasteiger partial charge in [0.25, 0.3) is 11.8 Å². The Morgan fingerprint density at radius 2 is 1.41 bits per heavy atom. The maximum absolute atomic E-state index is 12.0. The van der Waals surface area contributed by atoms with Gasteiger partial charge in [-0.3, -0.25) is 14.4 Å². The second kappa shape index (κ2) is 11.3. The van der Waals surface area contributed by atoms with Gasteiger partial charge in [-0.05, 0) is 55.5 Å². The third-order valence-corrected chi connectivity index (χ3v) is 3.72. The first-order valence-electron chi connectivity index (χ1n) is 9.26. The Hall–Kier alpha value is -3.55. The molecule has 0 aliphatic carbocycles. The Morgan fingerprint density at radius 3 is 2.00 bits per heavy atom. The fourth-order valence-electron chi connectivity index (χ4n) is 2.37. The lowest BCUT2D eigenvalue weighted by molar-refractivity contribution is -0.119. The number of ether oxygens (including phenoxy) is 2. The van der Waals surface area contributed by atoms with Crippen LogP contribution in [0, 0.1) is 0 Å². The first-order chi connectivity index (χ1) is 14.0. The highest BCUT2D eigenvalue weighted by Crippen LogP contribution is 2.17. The summed E-state index contributed by atoms with van der Waals surface area (Å²) < 4.78 is 10.8. The molecule has 8 nitrogen and oxygen atoms in total. The standard InChI is InChI=1S/C21H25N3O5/c1-3-28-18-8-10-19(11-9-18)29-14-20(26)24-17-6-4-16(5-7-17)21(27)23-13-12-22-15(2)25/h4-11H,3,12-14H2,1-2H3,(H,22,25)(H,23,27)(H,24,26). The highest BCUT2D eigenvalue weighted by Gasteiger charge is 2.07. The number of hydrogen-bond acceptors (Lipinski definition) is 5. The molecule has 0 saturated heterocycles. The lowest BCUT2D eigenvalue weighted by Crippen LogP contribution is -2.33. The summed E-state index contributed by atoms with van der Waals surface area (Å²) >= 11 is 0. The van der Waals surface area contributed by atoms with Gasteiger partial charge in [0, 0.05) is 31.3 Å². The van der Waals surface area contributed by atoms with Crippen LogP contribution in [-0.4, -0.2) is 44.0 Å². The molecule has 2 rings (SSSR count). The number of nitrogens with one attached hydrogen (secondary N) is 3. The van der Waals surface area contributed by atoms with Gasteiger partial charge >= 0.3 is 0 Å². The van der Waals surface area contributed by atoms with Crippen molar-refractivity contribution < 1.29 is 23.9 Å². The van der Waals surface area contributed by atoms with Gasteiger partial charge in [-0.25, -0.2) is 0 Å². The number of rotatable bonds is 10. The van der Waals surface area contributed by atoms with Crippen LogP contribution in [-0.2, 0) is 9.59 Å². The van der Waals surface area contributed by atoms with E-state index in [-0.39, 0.29) is 24.3 Å². The van der Waals surface area contributed by atoms with E-state index in [4.69, 9.17) is 9.47 Å². The molecule has 0 aliphatic rings. The van der Waals surface area contributed by atoms with Crippen LogP contribution in [0.1, 0.15) is 24.2 Å². The highest BCUT2D eigenvalue weighted by molar-refractivity contribution is 5.96. The molecule has 29 heavy (non-hydrogen) atoms. The van der Waals surface area contributed by atoms with Crippen LogP contribution in [0.4, 0.5) is 5.69 Å². The molecule has 0 spiro atoms. The quantitative estimate of drug-likeness (QED) is 0.530. The van der Waals surface area contributed by atoms with Gasteiger partial charge in [0.1, 0.15) is 11.5 Å². The number of hydrogen-bond donors (Lipinski definition) is 3. The van der Waals surface area contributed by atoms with Gasteiger partial charge < -0.3 is 25.4 Å². The minimum absolute atomic E-state index is 0.140. The zero-order valence-corrected chi connectivity index (χ0v) is 16.5. The lowest BCUT2D eigenvalue weighted by Gasteiger charge is -2.09. The van der Waals surface area contributed by atoms with Gasteiger partial charge in [-0.15, -0.1) is 0 Å². The average Bonchev–Trinajstić information content (AvgIpc) is 2.71. The largest absolute Gasteiger partial charge is 0.494 e. The number of amides is 3. The zero-order chi connectivity index (χ0) is 21.1. The summed E-state index contributed by atoms with van der Waals surface area (Å²) in [5.41, 5.74) is 1.01. The van der Waals surface area contributed by atoms with Crippen molar-refractivity contribution in [2.75, 3.05) is 31.6 Å². The zero-order valence-electron chi connectivity index (χ0n) is 16.5. The molecule has 0 radical (unpaired) electrons. The third kappa shape index (κ3) is 7.92. The van der Waals surface area contributed by atoms with Crippen LogP contribution in [0.2, 0.25) is 0 Å². The molecule has 0 atom stereocenters. The van der Waals surface area contributed by atoms with E-state index in [9.17, 15) is 14.4 Å². The Balaban J connectivity index is 1.75. The van der Waals surface area contributed by atoms with Crippen molar-refractivity contribution >= 4 is 23.4 Å². The number of benzene rings is 2. The SMILES string of the molecule is CCOc1ccc(OCC(=O)Nc2ccc(C(=O)NCCNC(C)=O)cc2)cc1. The van der Waals surface area contributed by atoms with E-state index >= 15 is 0 Å². The highest BCUT2D eigenvalue weighted by atomic mass is 16.5. The molecule has 0 bridgehead atoms. The van der Waals surface area contributed by atoms with E-state index in [1.807, 2.05) is 6.92 Å². The van der Waals surface area contributed by atoms with Gasteiger partial charge in [0.05, 0.1) is 6.61 Å². The fourth-order valence-corrected chi connectivity index (χ4v) is 2.37. The summed E-state index contributed by atoms with van der Waals surface area (Å²) in [6.07, 6.45) is 0. The molecule has 3 N–H and O–H groups in total. The topological polar surface area (TPSA) is 106 Å². The number of carbonyl (C=O) groups is 3. The van der Waals surface area contributed by atoms with Crippen LogP contribution in [0.15, 0.2) is 48.5 Å². The van der Waals surface area contributed by atoms with Crippen molar-refractivity contribution in [1.82, 2.24) is 10.6 Å². The normalized spacial score (nSPS) is 10.0. The van der Waals surface area contributed by atoms with Crippen molar-refractivity contribution in [3.05, 3.63) is 54.1 Å². The van der Waals surface area contributed by atoms with Crippen LogP contribution in [0.5, 0.6) is 11.5 Å². The Bertz CT molecular complexity index is 819. The summed E-state index contributed by atoms with van der Waals surface area (Å²) in [6, 6.07) is 13.5. The van der Waals surface area contributed by atoms with E-state index in [0.29, 0.717) is 36.7 Å². The average molecular weight is 399 g/mol. The van der Waals surface area contributed by atoms with Crippen LogP contribution < -0.4 is 25.4 Å². The first-order valence-corrected chi connectivity index (χ1v) is 9.26. The summed E-state index contributed by atoms with van der Waals surface area (Å²) in [4.78, 5) is 34.8. The lowest BCUT2D eigenvalue weighted by atomic mass is 10.2. The predicted octanol–water partition coefficient (Wildman–Crippen LogP) is 1.97. The number of carbonyl (C=O) groups excluding carboxylic acids is 3. The molecule has 0 unspecified atom stereocenters. The molecule has 2 aromatic rings. The van der Waals surface area contributed by atoms with E-state index in [2.05, 4.69) is 16.0 Å². The van der Waals surface area contributed by atoms with Crippen LogP contribution >= 0.6 is 0 Å². The van der Waals surface area contributed by atoms with Crippen molar-refractivity contribution in [1.29, 1.82) is 0 Å². The number of anilines is 1. The third-order valence-electron chi connectivity index (χ3n) is 3.72.